The minimum Gasteiger partial charge on any atom is -0.444 e. The minimum atomic E-state index is -0.487. The second-order valence-corrected chi connectivity index (χ2v) is 4.59. The van der Waals surface area contributed by atoms with E-state index in [1.165, 1.54) is 0 Å². The summed E-state index contributed by atoms with van der Waals surface area (Å²) in [4.78, 5) is 22.0. The number of nitrogens with one attached hydrogen (secondary N) is 1. The van der Waals surface area contributed by atoms with Gasteiger partial charge in [-0.2, -0.15) is 0 Å². The molecule has 4 nitrogen and oxygen atoms in total. The number of hydrogen-bond donors (Lipinski definition) is 1. The lowest BCUT2D eigenvalue weighted by molar-refractivity contribution is -0.107. The van der Waals surface area contributed by atoms with E-state index in [9.17, 15) is 9.59 Å². The van der Waals surface area contributed by atoms with E-state index in [1.54, 1.807) is 12.1 Å². The fraction of sp³-hybridized carbons (Fsp3) is 0.176. The molecule has 0 fully saturated rings. The van der Waals surface area contributed by atoms with Crippen LogP contribution in [0.1, 0.15) is 17.5 Å². The first kappa shape index (κ1) is 14.8. The standard InChI is InChI=1S/C17H17NO3/c19-12-4-7-14-8-10-16(11-9-14)18-17(20)21-13-15-5-2-1-3-6-15/h1-3,5-6,8-12H,4,7,13H2,(H,18,20). The van der Waals surface area contributed by atoms with E-state index >= 15 is 0 Å². The van der Waals surface area contributed by atoms with Crippen LogP contribution in [-0.2, 0) is 22.6 Å². The van der Waals surface area contributed by atoms with Crippen LogP contribution >= 0.6 is 0 Å². The highest BCUT2D eigenvalue weighted by molar-refractivity contribution is 5.84. The summed E-state index contributed by atoms with van der Waals surface area (Å²) in [6.45, 7) is 0.240. The van der Waals surface area contributed by atoms with Crippen LogP contribution in [0.25, 0.3) is 0 Å². The molecule has 0 saturated heterocycles. The lowest BCUT2D eigenvalue weighted by atomic mass is 10.1. The Labute approximate surface area is 123 Å². The van der Waals surface area contributed by atoms with Crippen LogP contribution in [0.15, 0.2) is 54.6 Å². The number of amides is 1. The second-order valence-electron chi connectivity index (χ2n) is 4.59. The average molecular weight is 283 g/mol. The van der Waals surface area contributed by atoms with Crippen molar-refractivity contribution in [2.24, 2.45) is 0 Å². The molecule has 0 atom stereocenters. The first-order valence-electron chi connectivity index (χ1n) is 6.78. The molecule has 0 aromatic heterocycles. The Bertz CT molecular complexity index is 579. The number of ether oxygens (including phenoxy) is 1. The van der Waals surface area contributed by atoms with E-state index in [1.807, 2.05) is 42.5 Å². The van der Waals surface area contributed by atoms with Gasteiger partial charge in [0.2, 0.25) is 0 Å². The Hall–Kier alpha value is -2.62. The lowest BCUT2D eigenvalue weighted by Gasteiger charge is -2.07. The number of rotatable bonds is 6. The highest BCUT2D eigenvalue weighted by Gasteiger charge is 2.03. The number of hydrogen-bond acceptors (Lipinski definition) is 3. The van der Waals surface area contributed by atoms with Gasteiger partial charge in [-0.3, -0.25) is 5.32 Å². The quantitative estimate of drug-likeness (QED) is 0.825. The first-order valence-corrected chi connectivity index (χ1v) is 6.78. The maximum absolute atomic E-state index is 11.7. The fourth-order valence-corrected chi connectivity index (χ4v) is 1.86. The van der Waals surface area contributed by atoms with Gasteiger partial charge in [-0.05, 0) is 29.7 Å². The smallest absolute Gasteiger partial charge is 0.411 e. The van der Waals surface area contributed by atoms with Gasteiger partial charge in [0, 0.05) is 12.1 Å². The molecule has 108 valence electrons. The monoisotopic (exact) mass is 283 g/mol. The molecule has 0 aliphatic heterocycles. The summed E-state index contributed by atoms with van der Waals surface area (Å²) in [6.07, 6.45) is 1.63. The molecule has 21 heavy (non-hydrogen) atoms. The van der Waals surface area contributed by atoms with Crippen LogP contribution in [0.4, 0.5) is 10.5 Å². The van der Waals surface area contributed by atoms with Crippen molar-refractivity contribution in [3.8, 4) is 0 Å². The number of aldehydes is 1. The maximum atomic E-state index is 11.7. The van der Waals surface area contributed by atoms with Gasteiger partial charge in [0.15, 0.2) is 0 Å². The third kappa shape index (κ3) is 5.10. The molecule has 0 aliphatic rings. The molecule has 0 unspecified atom stereocenters. The van der Waals surface area contributed by atoms with Gasteiger partial charge in [-0.25, -0.2) is 4.79 Å². The first-order chi connectivity index (χ1) is 10.3. The molecular weight excluding hydrogens is 266 g/mol. The number of carbonyl (C=O) groups is 2. The summed E-state index contributed by atoms with van der Waals surface area (Å²) >= 11 is 0. The largest absolute Gasteiger partial charge is 0.444 e. The molecule has 0 bridgehead atoms. The van der Waals surface area contributed by atoms with E-state index in [-0.39, 0.29) is 6.61 Å². The number of benzene rings is 2. The van der Waals surface area contributed by atoms with Crippen molar-refractivity contribution >= 4 is 18.1 Å². The number of anilines is 1. The van der Waals surface area contributed by atoms with Gasteiger partial charge in [-0.1, -0.05) is 42.5 Å². The average Bonchev–Trinajstić information content (AvgIpc) is 2.53. The van der Waals surface area contributed by atoms with Gasteiger partial charge < -0.3 is 9.53 Å². The Morgan fingerprint density at radius 1 is 1.00 bits per heavy atom. The van der Waals surface area contributed by atoms with Crippen molar-refractivity contribution in [1.29, 1.82) is 0 Å². The maximum Gasteiger partial charge on any atom is 0.411 e. The van der Waals surface area contributed by atoms with Crippen LogP contribution in [0.5, 0.6) is 0 Å². The molecule has 0 saturated carbocycles. The van der Waals surface area contributed by atoms with Crippen LogP contribution in [0.2, 0.25) is 0 Å². The number of aryl methyl sites for hydroxylation is 1. The summed E-state index contributed by atoms with van der Waals surface area (Å²) in [6, 6.07) is 16.9. The lowest BCUT2D eigenvalue weighted by Crippen LogP contribution is -2.13. The van der Waals surface area contributed by atoms with Crippen LogP contribution in [0, 0.1) is 0 Å². The van der Waals surface area contributed by atoms with Crippen molar-refractivity contribution < 1.29 is 14.3 Å². The zero-order valence-corrected chi connectivity index (χ0v) is 11.6. The summed E-state index contributed by atoms with van der Waals surface area (Å²) < 4.78 is 5.13. The molecule has 0 heterocycles. The second kappa shape index (κ2) is 7.85. The third-order valence-corrected chi connectivity index (χ3v) is 2.96. The number of carbonyl (C=O) groups excluding carboxylic acids is 2. The highest BCUT2D eigenvalue weighted by Crippen LogP contribution is 2.11. The van der Waals surface area contributed by atoms with Gasteiger partial charge >= 0.3 is 6.09 Å². The Morgan fingerprint density at radius 2 is 1.71 bits per heavy atom. The van der Waals surface area contributed by atoms with Crippen molar-refractivity contribution in [2.45, 2.75) is 19.4 Å². The molecule has 1 amide bonds. The zero-order valence-electron chi connectivity index (χ0n) is 11.6. The molecular formula is C17H17NO3. The molecule has 1 N–H and O–H groups in total. The Balaban J connectivity index is 1.80. The van der Waals surface area contributed by atoms with E-state index in [2.05, 4.69) is 5.32 Å². The fourth-order valence-electron chi connectivity index (χ4n) is 1.86. The molecule has 4 heteroatoms. The predicted octanol–water partition coefficient (Wildman–Crippen LogP) is 3.57. The molecule has 0 spiro atoms. The normalized spacial score (nSPS) is 9.90. The molecule has 2 aromatic rings. The minimum absolute atomic E-state index is 0.240. The summed E-state index contributed by atoms with van der Waals surface area (Å²) in [5, 5.41) is 2.66. The van der Waals surface area contributed by atoms with Gasteiger partial charge in [-0.15, -0.1) is 0 Å². The summed E-state index contributed by atoms with van der Waals surface area (Å²) in [7, 11) is 0. The molecule has 0 radical (unpaired) electrons. The summed E-state index contributed by atoms with van der Waals surface area (Å²) in [5.41, 5.74) is 2.67. The van der Waals surface area contributed by atoms with Gasteiger partial charge in [0.05, 0.1) is 0 Å². The van der Waals surface area contributed by atoms with E-state index < -0.39 is 6.09 Å². The van der Waals surface area contributed by atoms with Gasteiger partial charge in [0.1, 0.15) is 12.9 Å². The highest BCUT2D eigenvalue weighted by atomic mass is 16.5. The molecule has 2 rings (SSSR count). The predicted molar refractivity (Wildman–Crippen MR) is 81.1 cm³/mol. The Morgan fingerprint density at radius 3 is 2.38 bits per heavy atom. The van der Waals surface area contributed by atoms with E-state index in [0.29, 0.717) is 18.5 Å². The summed E-state index contributed by atoms with van der Waals surface area (Å²) in [5.74, 6) is 0. The van der Waals surface area contributed by atoms with Crippen LogP contribution < -0.4 is 5.32 Å². The Kier molecular flexibility index (Phi) is 5.52. The topological polar surface area (TPSA) is 55.4 Å². The SMILES string of the molecule is O=CCCc1ccc(NC(=O)OCc2ccccc2)cc1. The molecule has 2 aromatic carbocycles. The van der Waals surface area contributed by atoms with Gasteiger partial charge in [0.25, 0.3) is 0 Å². The zero-order chi connectivity index (χ0) is 14.9. The van der Waals surface area contributed by atoms with Crippen LogP contribution in [-0.4, -0.2) is 12.4 Å². The van der Waals surface area contributed by atoms with Crippen LogP contribution in [0.3, 0.4) is 0 Å². The van der Waals surface area contributed by atoms with Crippen molar-refractivity contribution in [3.63, 3.8) is 0 Å². The van der Waals surface area contributed by atoms with Crippen molar-refractivity contribution in [1.82, 2.24) is 0 Å². The van der Waals surface area contributed by atoms with E-state index in [4.69, 9.17) is 4.74 Å². The van der Waals surface area contributed by atoms with E-state index in [0.717, 1.165) is 17.4 Å². The third-order valence-electron chi connectivity index (χ3n) is 2.96. The van der Waals surface area contributed by atoms with Crippen molar-refractivity contribution in [2.75, 3.05) is 5.32 Å². The van der Waals surface area contributed by atoms with Crippen molar-refractivity contribution in [3.05, 3.63) is 65.7 Å². The molecule has 0 aliphatic carbocycles.